The normalized spacial score (nSPS) is 13.3. The Hall–Kier alpha value is -2.83. The first-order valence-electron chi connectivity index (χ1n) is 7.26. The Morgan fingerprint density at radius 1 is 1.22 bits per heavy atom. The van der Waals surface area contributed by atoms with E-state index in [1.165, 1.54) is 6.92 Å². The Bertz CT molecular complexity index is 705. The van der Waals surface area contributed by atoms with Crippen LogP contribution in [0.5, 0.6) is 0 Å². The predicted molar refractivity (Wildman–Crippen MR) is 85.0 cm³/mol. The zero-order chi connectivity index (χ0) is 17.0. The molecule has 2 atom stereocenters. The molecule has 7 heteroatoms. The second-order valence-electron chi connectivity index (χ2n) is 5.44. The number of fused-ring (bicyclic) bond motifs is 1. The van der Waals surface area contributed by atoms with Crippen LogP contribution in [0.25, 0.3) is 10.9 Å². The fourth-order valence-corrected chi connectivity index (χ4v) is 2.10. The van der Waals surface area contributed by atoms with E-state index in [1.807, 2.05) is 24.3 Å². The molecule has 0 bridgehead atoms. The van der Waals surface area contributed by atoms with Crippen LogP contribution in [-0.2, 0) is 9.59 Å². The first-order valence-corrected chi connectivity index (χ1v) is 7.26. The molecule has 2 unspecified atom stereocenters. The third-order valence-corrected chi connectivity index (χ3v) is 3.71. The summed E-state index contributed by atoms with van der Waals surface area (Å²) in [5, 5.41) is 14.8. The molecule has 2 rings (SSSR count). The van der Waals surface area contributed by atoms with Crippen molar-refractivity contribution in [1.29, 1.82) is 0 Å². The van der Waals surface area contributed by atoms with E-state index in [4.69, 9.17) is 5.11 Å². The van der Waals surface area contributed by atoms with Gasteiger partial charge in [-0.15, -0.1) is 0 Å². The molecule has 0 aliphatic rings. The van der Waals surface area contributed by atoms with Crippen molar-refractivity contribution in [3.05, 3.63) is 36.0 Å². The quantitative estimate of drug-likeness (QED) is 0.639. The zero-order valence-electron chi connectivity index (χ0n) is 12.9. The summed E-state index contributed by atoms with van der Waals surface area (Å²) >= 11 is 0. The number of benzene rings is 1. The summed E-state index contributed by atoms with van der Waals surface area (Å²) in [6.07, 6.45) is 0. The molecule has 0 radical (unpaired) electrons. The van der Waals surface area contributed by atoms with Gasteiger partial charge in [-0.2, -0.15) is 0 Å². The lowest BCUT2D eigenvalue weighted by atomic mass is 10.0. The van der Waals surface area contributed by atoms with Gasteiger partial charge >= 0.3 is 5.97 Å². The highest BCUT2D eigenvalue weighted by Crippen LogP contribution is 2.14. The van der Waals surface area contributed by atoms with E-state index in [2.05, 4.69) is 15.6 Å². The number of nitrogens with one attached hydrogen (secondary N) is 3. The maximum Gasteiger partial charge on any atom is 0.308 e. The van der Waals surface area contributed by atoms with Gasteiger partial charge in [0.05, 0.1) is 12.5 Å². The predicted octanol–water partition coefficient (Wildman–Crippen LogP) is 1.12. The van der Waals surface area contributed by atoms with Gasteiger partial charge in [0, 0.05) is 16.9 Å². The summed E-state index contributed by atoms with van der Waals surface area (Å²) in [7, 11) is 0. The number of carbonyl (C=O) groups is 3. The second kappa shape index (κ2) is 6.95. The summed E-state index contributed by atoms with van der Waals surface area (Å²) in [5.74, 6) is -2.52. The molecule has 23 heavy (non-hydrogen) atoms. The van der Waals surface area contributed by atoms with Gasteiger partial charge in [-0.1, -0.05) is 18.2 Å². The van der Waals surface area contributed by atoms with Crippen molar-refractivity contribution in [2.24, 2.45) is 5.92 Å². The van der Waals surface area contributed by atoms with Crippen molar-refractivity contribution in [3.63, 3.8) is 0 Å². The largest absolute Gasteiger partial charge is 0.481 e. The molecule has 7 nitrogen and oxygen atoms in total. The van der Waals surface area contributed by atoms with Crippen LogP contribution in [0.15, 0.2) is 30.3 Å². The lowest BCUT2D eigenvalue weighted by molar-refractivity contribution is -0.142. The second-order valence-corrected chi connectivity index (χ2v) is 5.44. The smallest absolute Gasteiger partial charge is 0.308 e. The number of aromatic nitrogens is 1. The van der Waals surface area contributed by atoms with E-state index < -0.39 is 29.7 Å². The lowest BCUT2D eigenvalue weighted by Gasteiger charge is -2.17. The number of aromatic amines is 1. The monoisotopic (exact) mass is 317 g/mol. The number of hydrogen-bond acceptors (Lipinski definition) is 3. The van der Waals surface area contributed by atoms with Gasteiger partial charge in [-0.25, -0.2) is 0 Å². The van der Waals surface area contributed by atoms with Crippen LogP contribution in [0.1, 0.15) is 24.3 Å². The van der Waals surface area contributed by atoms with Crippen molar-refractivity contribution >= 4 is 28.7 Å². The third kappa shape index (κ3) is 4.09. The van der Waals surface area contributed by atoms with Gasteiger partial charge in [0.15, 0.2) is 0 Å². The van der Waals surface area contributed by atoms with Crippen molar-refractivity contribution in [2.75, 3.05) is 6.54 Å². The average Bonchev–Trinajstić information content (AvgIpc) is 2.95. The molecule has 1 aromatic heterocycles. The molecule has 0 aliphatic heterocycles. The molecule has 0 saturated carbocycles. The third-order valence-electron chi connectivity index (χ3n) is 3.71. The highest BCUT2D eigenvalue weighted by atomic mass is 16.4. The van der Waals surface area contributed by atoms with Crippen LogP contribution in [0, 0.1) is 5.92 Å². The Morgan fingerprint density at radius 3 is 2.57 bits per heavy atom. The number of carboxylic acid groups (broad SMARTS) is 1. The molecule has 0 spiro atoms. The Morgan fingerprint density at radius 2 is 1.91 bits per heavy atom. The van der Waals surface area contributed by atoms with Gasteiger partial charge in [0.2, 0.25) is 5.91 Å². The summed E-state index contributed by atoms with van der Waals surface area (Å²) in [6.45, 7) is 2.90. The van der Waals surface area contributed by atoms with E-state index in [9.17, 15) is 14.4 Å². The van der Waals surface area contributed by atoms with Gasteiger partial charge in [0.1, 0.15) is 5.69 Å². The van der Waals surface area contributed by atoms with Crippen molar-refractivity contribution in [1.82, 2.24) is 15.6 Å². The molecule has 122 valence electrons. The number of rotatable bonds is 6. The maximum absolute atomic E-state index is 12.0. The zero-order valence-corrected chi connectivity index (χ0v) is 12.9. The highest BCUT2D eigenvalue weighted by molar-refractivity contribution is 5.99. The van der Waals surface area contributed by atoms with Gasteiger partial charge < -0.3 is 20.7 Å². The van der Waals surface area contributed by atoms with E-state index in [0.717, 1.165) is 10.9 Å². The molecule has 2 amide bonds. The van der Waals surface area contributed by atoms with Crippen LogP contribution in [0.4, 0.5) is 0 Å². The minimum absolute atomic E-state index is 0.217. The fourth-order valence-electron chi connectivity index (χ4n) is 2.10. The van der Waals surface area contributed by atoms with Crippen molar-refractivity contribution < 1.29 is 19.5 Å². The van der Waals surface area contributed by atoms with E-state index in [0.29, 0.717) is 5.69 Å². The van der Waals surface area contributed by atoms with Crippen molar-refractivity contribution in [3.8, 4) is 0 Å². The summed E-state index contributed by atoms with van der Waals surface area (Å²) in [6, 6.07) is 8.65. The van der Waals surface area contributed by atoms with Crippen molar-refractivity contribution in [2.45, 2.75) is 19.9 Å². The molecule has 1 heterocycles. The highest BCUT2D eigenvalue weighted by Gasteiger charge is 2.21. The fraction of sp³-hybridized carbons (Fsp3) is 0.312. The number of H-pyrrole nitrogens is 1. The van der Waals surface area contributed by atoms with Crippen LogP contribution >= 0.6 is 0 Å². The molecule has 2 aromatic rings. The summed E-state index contributed by atoms with van der Waals surface area (Å²) in [4.78, 5) is 37.6. The number of aliphatic carboxylic acids is 1. The molecular weight excluding hydrogens is 298 g/mol. The number of amides is 2. The van der Waals surface area contributed by atoms with Gasteiger partial charge in [-0.3, -0.25) is 14.4 Å². The summed E-state index contributed by atoms with van der Waals surface area (Å²) < 4.78 is 0. The lowest BCUT2D eigenvalue weighted by Crippen LogP contribution is -2.44. The summed E-state index contributed by atoms with van der Waals surface area (Å²) in [5.41, 5.74) is 1.21. The Labute approximate surface area is 133 Å². The van der Waals surface area contributed by atoms with Crippen LogP contribution in [0.3, 0.4) is 0 Å². The molecular formula is C16H19N3O4. The molecule has 4 N–H and O–H groups in total. The Balaban J connectivity index is 1.88. The van der Waals surface area contributed by atoms with E-state index >= 15 is 0 Å². The molecule has 1 aromatic carbocycles. The SMILES string of the molecule is CC(NC(=O)CNC(=O)c1cc2ccccc2[nH]1)C(C)C(=O)O. The topological polar surface area (TPSA) is 111 Å². The van der Waals surface area contributed by atoms with Crippen LogP contribution < -0.4 is 10.6 Å². The van der Waals surface area contributed by atoms with Gasteiger partial charge in [0.25, 0.3) is 5.91 Å². The van der Waals surface area contributed by atoms with E-state index in [1.54, 1.807) is 13.0 Å². The maximum atomic E-state index is 12.0. The van der Waals surface area contributed by atoms with Crippen LogP contribution in [0.2, 0.25) is 0 Å². The minimum atomic E-state index is -0.986. The Kier molecular flexibility index (Phi) is 5.00. The first kappa shape index (κ1) is 16.5. The number of carboxylic acids is 1. The average molecular weight is 317 g/mol. The number of hydrogen-bond donors (Lipinski definition) is 4. The standard InChI is InChI=1S/C16H19N3O4/c1-9(16(22)23)10(2)18-14(20)8-17-15(21)13-7-11-5-3-4-6-12(11)19-13/h3-7,9-10,19H,8H2,1-2H3,(H,17,21)(H,18,20)(H,22,23). The molecule has 0 fully saturated rings. The number of para-hydroxylation sites is 1. The first-order chi connectivity index (χ1) is 10.9. The molecule has 0 aliphatic carbocycles. The van der Waals surface area contributed by atoms with Crippen LogP contribution in [-0.4, -0.2) is 40.5 Å². The van der Waals surface area contributed by atoms with Gasteiger partial charge in [-0.05, 0) is 26.0 Å². The molecule has 0 saturated heterocycles. The number of carbonyl (C=O) groups excluding carboxylic acids is 2. The van der Waals surface area contributed by atoms with E-state index in [-0.39, 0.29) is 6.54 Å². The minimum Gasteiger partial charge on any atom is -0.481 e.